The summed E-state index contributed by atoms with van der Waals surface area (Å²) < 4.78 is 5.45. The molecule has 0 aromatic heterocycles. The van der Waals surface area contributed by atoms with Gasteiger partial charge in [-0.2, -0.15) is 0 Å². The lowest BCUT2D eigenvalue weighted by Gasteiger charge is -2.24. The first-order chi connectivity index (χ1) is 6.29. The number of ether oxygens (including phenoxy) is 1. The van der Waals surface area contributed by atoms with Gasteiger partial charge in [-0.3, -0.25) is 5.41 Å². The van der Waals surface area contributed by atoms with Crippen LogP contribution in [0.5, 0.6) is 5.75 Å². The Morgan fingerprint density at radius 2 is 2.23 bits per heavy atom. The summed E-state index contributed by atoms with van der Waals surface area (Å²) in [4.78, 5) is 0. The molecule has 1 aliphatic heterocycles. The minimum Gasteiger partial charge on any atom is -0.493 e. The van der Waals surface area contributed by atoms with Crippen LogP contribution >= 0.6 is 0 Å². The molecule has 13 heavy (non-hydrogen) atoms. The molecule has 1 atom stereocenters. The summed E-state index contributed by atoms with van der Waals surface area (Å²) in [5.41, 5.74) is 6.55. The van der Waals surface area contributed by atoms with Gasteiger partial charge in [-0.1, -0.05) is 18.2 Å². The Labute approximate surface area is 77.0 Å². The van der Waals surface area contributed by atoms with E-state index < -0.39 is 0 Å². The van der Waals surface area contributed by atoms with Gasteiger partial charge in [-0.15, -0.1) is 0 Å². The third kappa shape index (κ3) is 1.37. The molecule has 0 saturated heterocycles. The molecule has 0 radical (unpaired) electrons. The highest BCUT2D eigenvalue weighted by Crippen LogP contribution is 2.32. The third-order valence-electron chi connectivity index (χ3n) is 2.33. The molecular formula is C10H12N2O. The molecule has 1 heterocycles. The van der Waals surface area contributed by atoms with Crippen LogP contribution in [0.3, 0.4) is 0 Å². The smallest absolute Gasteiger partial charge is 0.123 e. The molecule has 3 heteroatoms. The van der Waals surface area contributed by atoms with E-state index >= 15 is 0 Å². The molecule has 0 saturated carbocycles. The topological polar surface area (TPSA) is 59.1 Å². The van der Waals surface area contributed by atoms with Crippen LogP contribution in [-0.4, -0.2) is 12.4 Å². The summed E-state index contributed by atoms with van der Waals surface area (Å²) in [7, 11) is 0. The standard InChI is InChI=1S/C10H12N2O/c11-10(12)8-5-6-13-9-4-2-1-3-7(8)9/h1-4,8H,5-6H2,(H3,11,12)/t8-/m0/s1. The summed E-state index contributed by atoms with van der Waals surface area (Å²) in [6.07, 6.45) is 0.812. The van der Waals surface area contributed by atoms with Gasteiger partial charge in [0.25, 0.3) is 0 Å². The van der Waals surface area contributed by atoms with Gasteiger partial charge in [0, 0.05) is 11.5 Å². The van der Waals surface area contributed by atoms with E-state index in [2.05, 4.69) is 0 Å². The molecule has 1 aliphatic rings. The largest absolute Gasteiger partial charge is 0.493 e. The van der Waals surface area contributed by atoms with Gasteiger partial charge in [0.2, 0.25) is 0 Å². The van der Waals surface area contributed by atoms with Crippen molar-refractivity contribution in [1.82, 2.24) is 0 Å². The molecule has 1 aromatic carbocycles. The van der Waals surface area contributed by atoms with E-state index in [1.807, 2.05) is 24.3 Å². The minimum absolute atomic E-state index is 0.0462. The summed E-state index contributed by atoms with van der Waals surface area (Å²) >= 11 is 0. The summed E-state index contributed by atoms with van der Waals surface area (Å²) in [5, 5.41) is 7.44. The average Bonchev–Trinajstić information content (AvgIpc) is 2.17. The number of hydrogen-bond donors (Lipinski definition) is 2. The molecule has 0 bridgehead atoms. The van der Waals surface area contributed by atoms with Crippen LogP contribution < -0.4 is 10.5 Å². The summed E-state index contributed by atoms with van der Waals surface area (Å²) in [5.74, 6) is 1.15. The van der Waals surface area contributed by atoms with Gasteiger partial charge < -0.3 is 10.5 Å². The first-order valence-corrected chi connectivity index (χ1v) is 4.34. The van der Waals surface area contributed by atoms with Crippen molar-refractivity contribution in [2.24, 2.45) is 5.73 Å². The molecule has 2 rings (SSSR count). The lowest BCUT2D eigenvalue weighted by molar-refractivity contribution is 0.282. The fourth-order valence-electron chi connectivity index (χ4n) is 1.67. The van der Waals surface area contributed by atoms with Gasteiger partial charge in [-0.05, 0) is 12.5 Å². The van der Waals surface area contributed by atoms with Crippen molar-refractivity contribution < 1.29 is 4.74 Å². The first kappa shape index (κ1) is 8.10. The van der Waals surface area contributed by atoms with Crippen molar-refractivity contribution in [3.05, 3.63) is 29.8 Å². The average molecular weight is 176 g/mol. The molecule has 0 aliphatic carbocycles. The fourth-order valence-corrected chi connectivity index (χ4v) is 1.67. The SMILES string of the molecule is N=C(N)[C@H]1CCOc2ccccc21. The number of nitrogens with one attached hydrogen (secondary N) is 1. The Hall–Kier alpha value is -1.51. The van der Waals surface area contributed by atoms with Crippen LogP contribution in [0.15, 0.2) is 24.3 Å². The van der Waals surface area contributed by atoms with E-state index in [4.69, 9.17) is 15.9 Å². The Kier molecular flexibility index (Phi) is 1.93. The Morgan fingerprint density at radius 1 is 1.46 bits per heavy atom. The van der Waals surface area contributed by atoms with E-state index in [1.165, 1.54) is 0 Å². The summed E-state index contributed by atoms with van der Waals surface area (Å²) in [6, 6.07) is 7.77. The molecule has 1 aromatic rings. The number of nitrogens with two attached hydrogens (primary N) is 1. The zero-order valence-electron chi connectivity index (χ0n) is 7.29. The van der Waals surface area contributed by atoms with E-state index in [9.17, 15) is 0 Å². The van der Waals surface area contributed by atoms with E-state index in [-0.39, 0.29) is 11.8 Å². The van der Waals surface area contributed by atoms with Crippen LogP contribution in [0.25, 0.3) is 0 Å². The van der Waals surface area contributed by atoms with Crippen molar-refractivity contribution >= 4 is 5.84 Å². The molecule has 0 fully saturated rings. The van der Waals surface area contributed by atoms with Crippen LogP contribution in [0.4, 0.5) is 0 Å². The maximum absolute atomic E-state index is 7.44. The van der Waals surface area contributed by atoms with Crippen molar-refractivity contribution in [2.45, 2.75) is 12.3 Å². The lowest BCUT2D eigenvalue weighted by atomic mass is 9.92. The molecule has 3 nitrogen and oxygen atoms in total. The maximum Gasteiger partial charge on any atom is 0.123 e. The number of para-hydroxylation sites is 1. The van der Waals surface area contributed by atoms with Crippen LogP contribution in [0.2, 0.25) is 0 Å². The van der Waals surface area contributed by atoms with Gasteiger partial charge >= 0.3 is 0 Å². The van der Waals surface area contributed by atoms with Crippen molar-refractivity contribution in [2.75, 3.05) is 6.61 Å². The molecular weight excluding hydrogens is 164 g/mol. The highest BCUT2D eigenvalue weighted by atomic mass is 16.5. The van der Waals surface area contributed by atoms with E-state index in [0.29, 0.717) is 6.61 Å². The van der Waals surface area contributed by atoms with Crippen LogP contribution in [0, 0.1) is 5.41 Å². The highest BCUT2D eigenvalue weighted by Gasteiger charge is 2.22. The molecule has 0 spiro atoms. The molecule has 0 amide bonds. The zero-order valence-corrected chi connectivity index (χ0v) is 7.29. The molecule has 3 N–H and O–H groups in total. The number of rotatable bonds is 1. The highest BCUT2D eigenvalue weighted by molar-refractivity contribution is 5.85. The third-order valence-corrected chi connectivity index (χ3v) is 2.33. The Bertz CT molecular complexity index is 335. The monoisotopic (exact) mass is 176 g/mol. The molecule has 0 unspecified atom stereocenters. The Morgan fingerprint density at radius 3 is 3.00 bits per heavy atom. The number of benzene rings is 1. The van der Waals surface area contributed by atoms with E-state index in [0.717, 1.165) is 17.7 Å². The number of amidine groups is 1. The van der Waals surface area contributed by atoms with Crippen LogP contribution in [-0.2, 0) is 0 Å². The predicted octanol–water partition coefficient (Wildman–Crippen LogP) is 1.49. The second-order valence-electron chi connectivity index (χ2n) is 3.18. The maximum atomic E-state index is 7.44. The zero-order chi connectivity index (χ0) is 9.26. The Balaban J connectivity index is 2.42. The quantitative estimate of drug-likeness (QED) is 0.503. The van der Waals surface area contributed by atoms with Crippen molar-refractivity contribution in [1.29, 1.82) is 5.41 Å². The fraction of sp³-hybridized carbons (Fsp3) is 0.300. The minimum atomic E-state index is 0.0462. The van der Waals surface area contributed by atoms with Gasteiger partial charge in [0.15, 0.2) is 0 Å². The van der Waals surface area contributed by atoms with Crippen molar-refractivity contribution in [3.8, 4) is 5.75 Å². The molecule has 68 valence electrons. The second kappa shape index (κ2) is 3.09. The van der Waals surface area contributed by atoms with E-state index in [1.54, 1.807) is 0 Å². The summed E-state index contributed by atoms with van der Waals surface area (Å²) in [6.45, 7) is 0.654. The van der Waals surface area contributed by atoms with Crippen LogP contribution in [0.1, 0.15) is 17.9 Å². The number of fused-ring (bicyclic) bond motifs is 1. The number of hydrogen-bond acceptors (Lipinski definition) is 2. The van der Waals surface area contributed by atoms with Gasteiger partial charge in [0.1, 0.15) is 5.75 Å². The first-order valence-electron chi connectivity index (χ1n) is 4.34. The van der Waals surface area contributed by atoms with Gasteiger partial charge in [0.05, 0.1) is 12.4 Å². The van der Waals surface area contributed by atoms with Crippen molar-refractivity contribution in [3.63, 3.8) is 0 Å². The van der Waals surface area contributed by atoms with Gasteiger partial charge in [-0.25, -0.2) is 0 Å². The predicted molar refractivity (Wildman–Crippen MR) is 51.2 cm³/mol. The lowest BCUT2D eigenvalue weighted by Crippen LogP contribution is -2.26. The normalized spacial score (nSPS) is 20.2. The second-order valence-corrected chi connectivity index (χ2v) is 3.18.